The molecule has 0 atom stereocenters. The Balaban J connectivity index is 2.21. The maximum atomic E-state index is 11.8. The van der Waals surface area contributed by atoms with Crippen molar-refractivity contribution >= 4 is 44.2 Å². The third-order valence-corrected chi connectivity index (χ3v) is 4.60. The summed E-state index contributed by atoms with van der Waals surface area (Å²) in [6.07, 6.45) is 2.10. The van der Waals surface area contributed by atoms with Crippen LogP contribution in [0.4, 0.5) is 5.69 Å². The highest BCUT2D eigenvalue weighted by Crippen LogP contribution is 2.31. The number of aliphatic hydroxyl groups excluding tert-OH is 1. The fourth-order valence-corrected chi connectivity index (χ4v) is 3.55. The van der Waals surface area contributed by atoms with Gasteiger partial charge in [-0.1, -0.05) is 0 Å². The molecule has 5 rings (SSSR count). The van der Waals surface area contributed by atoms with Gasteiger partial charge in [-0.25, -0.2) is 4.98 Å². The van der Waals surface area contributed by atoms with Gasteiger partial charge in [0.05, 0.1) is 32.8 Å². The predicted molar refractivity (Wildman–Crippen MR) is 92.2 cm³/mol. The fourth-order valence-electron chi connectivity index (χ4n) is 3.55. The van der Waals surface area contributed by atoms with Crippen LogP contribution in [0.5, 0.6) is 0 Å². The van der Waals surface area contributed by atoms with Gasteiger partial charge in [0.25, 0.3) is 0 Å². The molecule has 2 aromatic heterocycles. The summed E-state index contributed by atoms with van der Waals surface area (Å²) >= 11 is 0. The molecule has 3 heterocycles. The molecule has 3 N–H and O–H groups in total. The maximum absolute atomic E-state index is 11.8. The molecule has 4 aromatic rings. The van der Waals surface area contributed by atoms with E-state index in [0.717, 1.165) is 16.2 Å². The van der Waals surface area contributed by atoms with Crippen LogP contribution in [0.3, 0.4) is 0 Å². The van der Waals surface area contributed by atoms with Crippen molar-refractivity contribution in [1.82, 2.24) is 9.97 Å². The molecule has 24 heavy (non-hydrogen) atoms. The first-order valence-corrected chi connectivity index (χ1v) is 7.67. The van der Waals surface area contributed by atoms with Crippen LogP contribution in [0.2, 0.25) is 0 Å². The number of anilines is 1. The van der Waals surface area contributed by atoms with Gasteiger partial charge in [-0.05, 0) is 29.7 Å². The second-order valence-electron chi connectivity index (χ2n) is 5.97. The Bertz CT molecular complexity index is 1330. The van der Waals surface area contributed by atoms with Crippen LogP contribution in [-0.2, 0) is 0 Å². The topological polar surface area (TPSA) is 99.0 Å². The van der Waals surface area contributed by atoms with Gasteiger partial charge in [-0.2, -0.15) is 0 Å². The highest BCUT2D eigenvalue weighted by molar-refractivity contribution is 6.20. The molecule has 0 unspecified atom stereocenters. The normalized spacial score (nSPS) is 14.2. The number of pyridine rings is 2. The lowest BCUT2D eigenvalue weighted by molar-refractivity contribution is 0.478. The molecule has 0 aliphatic carbocycles. The number of hydrogen-bond acceptors (Lipinski definition) is 6. The molecule has 2 aromatic carbocycles. The zero-order valence-electron chi connectivity index (χ0n) is 12.6. The Morgan fingerprint density at radius 3 is 2.92 bits per heavy atom. The molecule has 0 bridgehead atoms. The van der Waals surface area contributed by atoms with Gasteiger partial charge in [0.2, 0.25) is 0 Å². The highest BCUT2D eigenvalue weighted by Gasteiger charge is 2.20. The van der Waals surface area contributed by atoms with Gasteiger partial charge in [0, 0.05) is 29.9 Å². The van der Waals surface area contributed by atoms with E-state index in [1.807, 2.05) is 6.07 Å². The van der Waals surface area contributed by atoms with Gasteiger partial charge < -0.3 is 10.4 Å². The van der Waals surface area contributed by atoms with E-state index in [-0.39, 0.29) is 16.5 Å². The van der Waals surface area contributed by atoms with Crippen molar-refractivity contribution in [3.05, 3.63) is 51.3 Å². The van der Waals surface area contributed by atoms with E-state index in [4.69, 9.17) is 10.4 Å². The van der Waals surface area contributed by atoms with Crippen LogP contribution in [0.25, 0.3) is 38.5 Å². The predicted octanol–water partition coefficient (Wildman–Crippen LogP) is 1.41. The summed E-state index contributed by atoms with van der Waals surface area (Å²) in [6, 6.07) is 6.61. The number of fused-ring (bicyclic) bond motifs is 4. The Kier molecular flexibility index (Phi) is 2.41. The summed E-state index contributed by atoms with van der Waals surface area (Å²) in [7, 11) is 0. The van der Waals surface area contributed by atoms with E-state index in [2.05, 4.69) is 10.3 Å². The molecule has 1 aliphatic heterocycles. The molecule has 116 valence electrons. The van der Waals surface area contributed by atoms with Crippen LogP contribution in [0, 0.1) is 5.41 Å². The van der Waals surface area contributed by atoms with E-state index in [9.17, 15) is 9.90 Å². The van der Waals surface area contributed by atoms with Crippen LogP contribution in [-0.4, -0.2) is 21.6 Å². The Morgan fingerprint density at radius 2 is 2.04 bits per heavy atom. The number of rotatable bonds is 0. The number of aliphatic hydroxyl groups is 1. The first-order valence-electron chi connectivity index (χ1n) is 7.67. The molecular formula is C18H12N4O2. The van der Waals surface area contributed by atoms with Crippen LogP contribution >= 0.6 is 0 Å². The minimum absolute atomic E-state index is 0.0782. The van der Waals surface area contributed by atoms with E-state index < -0.39 is 0 Å². The summed E-state index contributed by atoms with van der Waals surface area (Å²) in [5.74, 6) is 0.190. The Hall–Kier alpha value is -3.28. The van der Waals surface area contributed by atoms with Gasteiger partial charge in [-0.15, -0.1) is 0 Å². The van der Waals surface area contributed by atoms with E-state index >= 15 is 0 Å². The molecule has 6 heteroatoms. The van der Waals surface area contributed by atoms with Gasteiger partial charge in [-0.3, -0.25) is 15.2 Å². The lowest BCUT2D eigenvalue weighted by Gasteiger charge is -2.18. The third-order valence-electron chi connectivity index (χ3n) is 4.60. The number of nitrogens with one attached hydrogen (secondary N) is 2. The summed E-state index contributed by atoms with van der Waals surface area (Å²) in [5.41, 5.74) is 2.47. The first-order chi connectivity index (χ1) is 11.6. The monoisotopic (exact) mass is 316 g/mol. The number of benzene rings is 2. The lowest BCUT2D eigenvalue weighted by Crippen LogP contribution is -2.35. The van der Waals surface area contributed by atoms with Crippen molar-refractivity contribution in [2.75, 3.05) is 11.9 Å². The second-order valence-corrected chi connectivity index (χ2v) is 5.97. The summed E-state index contributed by atoms with van der Waals surface area (Å²) in [4.78, 5) is 20.8. The molecule has 0 radical (unpaired) electrons. The molecule has 6 nitrogen and oxygen atoms in total. The molecule has 0 spiro atoms. The molecule has 0 amide bonds. The van der Waals surface area contributed by atoms with Crippen LogP contribution in [0.1, 0.15) is 6.42 Å². The minimum Gasteiger partial charge on any atom is -0.511 e. The number of aromatic nitrogens is 2. The van der Waals surface area contributed by atoms with Crippen molar-refractivity contribution in [3.8, 4) is 0 Å². The zero-order valence-corrected chi connectivity index (χ0v) is 12.6. The second kappa shape index (κ2) is 4.38. The fraction of sp³-hybridized carbons (Fsp3) is 0.111. The SMILES string of the molecule is N=c1c2c(c3nc4ccc(=O)cc4c4ccnc1c34)NCCC=2O. The van der Waals surface area contributed by atoms with Crippen LogP contribution in [0.15, 0.2) is 35.3 Å². The summed E-state index contributed by atoms with van der Waals surface area (Å²) < 4.78 is 0. The van der Waals surface area contributed by atoms with Crippen molar-refractivity contribution in [1.29, 1.82) is 5.41 Å². The first kappa shape index (κ1) is 13.2. The standard InChI is InChI=1S/C18H12N4O2/c19-15-14-12(24)4-6-21-17(14)18-13-9(3-5-20-16(13)15)10-7-8(23)1-2-11(10)22-18/h1-3,5,7,19,21,24H,4,6H2. The van der Waals surface area contributed by atoms with Gasteiger partial charge >= 0.3 is 0 Å². The van der Waals surface area contributed by atoms with Crippen molar-refractivity contribution < 1.29 is 5.11 Å². The van der Waals surface area contributed by atoms with Crippen molar-refractivity contribution in [2.24, 2.45) is 0 Å². The third kappa shape index (κ3) is 1.54. The van der Waals surface area contributed by atoms with Crippen molar-refractivity contribution in [2.45, 2.75) is 6.42 Å². The van der Waals surface area contributed by atoms with Gasteiger partial charge in [0.15, 0.2) is 5.43 Å². The average Bonchev–Trinajstić information content (AvgIpc) is 2.59. The van der Waals surface area contributed by atoms with Crippen LogP contribution < -0.4 is 21.3 Å². The molecular weight excluding hydrogens is 304 g/mol. The van der Waals surface area contributed by atoms with Gasteiger partial charge in [0.1, 0.15) is 5.76 Å². The lowest BCUT2D eigenvalue weighted by atomic mass is 9.99. The quantitative estimate of drug-likeness (QED) is 0.336. The zero-order chi connectivity index (χ0) is 16.4. The number of hydrogen-bond donors (Lipinski definition) is 3. The molecule has 0 fully saturated rings. The highest BCUT2D eigenvalue weighted by atomic mass is 16.3. The molecule has 0 saturated heterocycles. The van der Waals surface area contributed by atoms with E-state index in [1.54, 1.807) is 18.3 Å². The Labute approximate surface area is 134 Å². The van der Waals surface area contributed by atoms with E-state index in [1.165, 1.54) is 6.07 Å². The summed E-state index contributed by atoms with van der Waals surface area (Å²) in [6.45, 7) is 0.592. The Morgan fingerprint density at radius 1 is 1.17 bits per heavy atom. The maximum Gasteiger partial charge on any atom is 0.179 e. The smallest absolute Gasteiger partial charge is 0.179 e. The minimum atomic E-state index is -0.0782. The van der Waals surface area contributed by atoms with E-state index in [0.29, 0.717) is 40.4 Å². The average molecular weight is 316 g/mol. The largest absolute Gasteiger partial charge is 0.511 e. The van der Waals surface area contributed by atoms with Crippen molar-refractivity contribution in [3.63, 3.8) is 0 Å². The molecule has 0 saturated carbocycles. The number of nitrogens with zero attached hydrogens (tertiary/aromatic N) is 2. The molecule has 1 aliphatic rings. The summed E-state index contributed by atoms with van der Waals surface area (Å²) in [5, 5.41) is 25.0.